The lowest BCUT2D eigenvalue weighted by molar-refractivity contribution is -0.144. The number of rotatable bonds is 10. The number of nitrogens with zero attached hydrogens (tertiary/aromatic N) is 1. The van der Waals surface area contributed by atoms with E-state index >= 15 is 0 Å². The van der Waals surface area contributed by atoms with Crippen molar-refractivity contribution in [1.29, 1.82) is 0 Å². The highest BCUT2D eigenvalue weighted by Crippen LogP contribution is 2.17. The number of amides is 1. The first-order valence-electron chi connectivity index (χ1n) is 8.74. The van der Waals surface area contributed by atoms with E-state index in [0.717, 1.165) is 16.7 Å². The van der Waals surface area contributed by atoms with Gasteiger partial charge in [0, 0.05) is 13.7 Å². The van der Waals surface area contributed by atoms with Gasteiger partial charge in [0.05, 0.1) is 13.0 Å². The summed E-state index contributed by atoms with van der Waals surface area (Å²) in [6.45, 7) is 2.67. The molecule has 0 radical (unpaired) electrons. The van der Waals surface area contributed by atoms with Crippen molar-refractivity contribution in [2.45, 2.75) is 20.0 Å². The van der Waals surface area contributed by atoms with Gasteiger partial charge in [-0.05, 0) is 35.7 Å². The predicted octanol–water partition coefficient (Wildman–Crippen LogP) is 2.68. The molecule has 1 amide bonds. The molecular weight excluding hydrogens is 346 g/mol. The molecule has 0 aliphatic heterocycles. The van der Waals surface area contributed by atoms with E-state index < -0.39 is 5.97 Å². The third-order valence-electron chi connectivity index (χ3n) is 4.15. The van der Waals surface area contributed by atoms with Gasteiger partial charge in [0.2, 0.25) is 5.91 Å². The molecule has 0 aliphatic rings. The van der Waals surface area contributed by atoms with Crippen LogP contribution in [0.4, 0.5) is 0 Å². The van der Waals surface area contributed by atoms with E-state index in [1.54, 1.807) is 0 Å². The van der Waals surface area contributed by atoms with Gasteiger partial charge in [-0.15, -0.1) is 0 Å². The lowest BCUT2D eigenvalue weighted by Gasteiger charge is -2.20. The number of aliphatic carboxylic acids is 1. The van der Waals surface area contributed by atoms with Gasteiger partial charge in [-0.3, -0.25) is 9.59 Å². The third-order valence-corrected chi connectivity index (χ3v) is 4.15. The van der Waals surface area contributed by atoms with Crippen molar-refractivity contribution < 1.29 is 24.2 Å². The second-order valence-corrected chi connectivity index (χ2v) is 6.24. The first-order chi connectivity index (χ1) is 13.0. The molecule has 0 atom stereocenters. The molecule has 0 fully saturated rings. The van der Waals surface area contributed by atoms with E-state index in [1.165, 1.54) is 12.0 Å². The summed E-state index contributed by atoms with van der Waals surface area (Å²) in [5.74, 6) is -0.634. The van der Waals surface area contributed by atoms with Crippen molar-refractivity contribution in [3.63, 3.8) is 0 Å². The molecule has 0 aliphatic carbocycles. The average Bonchev–Trinajstić information content (AvgIpc) is 2.64. The molecule has 27 heavy (non-hydrogen) atoms. The standard InChI is InChI=1S/C21H25NO5/c1-16-6-3-4-8-18(16)15-27-19-9-5-7-17(12-19)13-20(23)22(10-11-26-2)14-21(24)25/h3-9,12H,10-11,13-15H2,1-2H3,(H,24,25). The summed E-state index contributed by atoms with van der Waals surface area (Å²) in [7, 11) is 1.51. The fraction of sp³-hybridized carbons (Fsp3) is 0.333. The number of carbonyl (C=O) groups excluding carboxylic acids is 1. The Labute approximate surface area is 159 Å². The van der Waals surface area contributed by atoms with Crippen LogP contribution in [0.5, 0.6) is 5.75 Å². The first-order valence-corrected chi connectivity index (χ1v) is 8.74. The first kappa shape index (κ1) is 20.5. The van der Waals surface area contributed by atoms with E-state index in [9.17, 15) is 9.59 Å². The van der Waals surface area contributed by atoms with Gasteiger partial charge < -0.3 is 19.5 Å². The van der Waals surface area contributed by atoms with Crippen molar-refractivity contribution in [3.05, 3.63) is 65.2 Å². The van der Waals surface area contributed by atoms with Crippen LogP contribution in [-0.2, 0) is 27.4 Å². The molecule has 2 rings (SSSR count). The molecule has 0 spiro atoms. The van der Waals surface area contributed by atoms with Crippen LogP contribution in [0.15, 0.2) is 48.5 Å². The number of ether oxygens (including phenoxy) is 2. The van der Waals surface area contributed by atoms with Crippen LogP contribution in [-0.4, -0.2) is 48.7 Å². The second-order valence-electron chi connectivity index (χ2n) is 6.24. The molecule has 6 nitrogen and oxygen atoms in total. The minimum Gasteiger partial charge on any atom is -0.489 e. The van der Waals surface area contributed by atoms with Crippen molar-refractivity contribution in [2.75, 3.05) is 26.8 Å². The van der Waals surface area contributed by atoms with Crippen molar-refractivity contribution in [2.24, 2.45) is 0 Å². The highest BCUT2D eigenvalue weighted by atomic mass is 16.5. The number of carboxylic acids is 1. The Bertz CT molecular complexity index is 775. The van der Waals surface area contributed by atoms with E-state index in [1.807, 2.05) is 55.5 Å². The summed E-state index contributed by atoms with van der Waals surface area (Å²) in [5, 5.41) is 8.99. The van der Waals surface area contributed by atoms with E-state index in [-0.39, 0.29) is 25.4 Å². The molecule has 0 saturated heterocycles. The largest absolute Gasteiger partial charge is 0.489 e. The van der Waals surface area contributed by atoms with Gasteiger partial charge in [0.25, 0.3) is 0 Å². The minimum atomic E-state index is -1.05. The normalized spacial score (nSPS) is 10.4. The van der Waals surface area contributed by atoms with Gasteiger partial charge in [-0.25, -0.2) is 0 Å². The molecule has 0 bridgehead atoms. The fourth-order valence-corrected chi connectivity index (χ4v) is 2.62. The van der Waals surface area contributed by atoms with Crippen LogP contribution in [0.3, 0.4) is 0 Å². The molecule has 2 aromatic rings. The number of methoxy groups -OCH3 is 1. The van der Waals surface area contributed by atoms with Crippen LogP contribution in [0.2, 0.25) is 0 Å². The Balaban J connectivity index is 1.99. The topological polar surface area (TPSA) is 76.1 Å². The molecule has 144 valence electrons. The minimum absolute atomic E-state index is 0.110. The average molecular weight is 371 g/mol. The zero-order valence-electron chi connectivity index (χ0n) is 15.7. The van der Waals surface area contributed by atoms with Crippen molar-refractivity contribution in [3.8, 4) is 5.75 Å². The fourth-order valence-electron chi connectivity index (χ4n) is 2.62. The molecular formula is C21H25NO5. The van der Waals surface area contributed by atoms with E-state index in [4.69, 9.17) is 14.6 Å². The van der Waals surface area contributed by atoms with E-state index in [2.05, 4.69) is 0 Å². The maximum absolute atomic E-state index is 12.5. The number of hydrogen-bond donors (Lipinski definition) is 1. The highest BCUT2D eigenvalue weighted by molar-refractivity contribution is 5.83. The number of carbonyl (C=O) groups is 2. The van der Waals surface area contributed by atoms with Crippen LogP contribution in [0.1, 0.15) is 16.7 Å². The SMILES string of the molecule is COCCN(CC(=O)O)C(=O)Cc1cccc(OCc2ccccc2C)c1. The van der Waals surface area contributed by atoms with Crippen LogP contribution < -0.4 is 4.74 Å². The maximum atomic E-state index is 12.5. The smallest absolute Gasteiger partial charge is 0.323 e. The number of carboxylic acid groups (broad SMARTS) is 1. The molecule has 0 aromatic heterocycles. The van der Waals surface area contributed by atoms with Gasteiger partial charge in [-0.2, -0.15) is 0 Å². The monoisotopic (exact) mass is 371 g/mol. The summed E-state index contributed by atoms with van der Waals surface area (Å²) in [5.41, 5.74) is 3.03. The van der Waals surface area contributed by atoms with Gasteiger partial charge >= 0.3 is 5.97 Å². The number of benzene rings is 2. The Kier molecular flexibility index (Phi) is 7.82. The summed E-state index contributed by atoms with van der Waals surface area (Å²) < 4.78 is 10.8. The van der Waals surface area contributed by atoms with Crippen LogP contribution >= 0.6 is 0 Å². The van der Waals surface area contributed by atoms with Gasteiger partial charge in [0.15, 0.2) is 0 Å². The molecule has 6 heteroatoms. The summed E-state index contributed by atoms with van der Waals surface area (Å²) in [6.07, 6.45) is 0.110. The maximum Gasteiger partial charge on any atom is 0.323 e. The summed E-state index contributed by atoms with van der Waals surface area (Å²) >= 11 is 0. The molecule has 0 heterocycles. The van der Waals surface area contributed by atoms with E-state index in [0.29, 0.717) is 19.0 Å². The number of aryl methyl sites for hydroxylation is 1. The molecule has 1 N–H and O–H groups in total. The predicted molar refractivity (Wildman–Crippen MR) is 102 cm³/mol. The van der Waals surface area contributed by atoms with Gasteiger partial charge in [0.1, 0.15) is 18.9 Å². The Morgan fingerprint density at radius 2 is 1.89 bits per heavy atom. The van der Waals surface area contributed by atoms with Crippen molar-refractivity contribution in [1.82, 2.24) is 4.90 Å². The lowest BCUT2D eigenvalue weighted by atomic mass is 10.1. The quantitative estimate of drug-likeness (QED) is 0.695. The van der Waals surface area contributed by atoms with Crippen LogP contribution in [0, 0.1) is 6.92 Å². The number of hydrogen-bond acceptors (Lipinski definition) is 4. The Morgan fingerprint density at radius 3 is 2.59 bits per heavy atom. The molecule has 2 aromatic carbocycles. The molecule has 0 saturated carbocycles. The second kappa shape index (κ2) is 10.3. The Hall–Kier alpha value is -2.86. The summed E-state index contributed by atoms with van der Waals surface area (Å²) in [4.78, 5) is 24.7. The Morgan fingerprint density at radius 1 is 1.11 bits per heavy atom. The highest BCUT2D eigenvalue weighted by Gasteiger charge is 2.17. The van der Waals surface area contributed by atoms with Crippen molar-refractivity contribution >= 4 is 11.9 Å². The molecule has 0 unspecified atom stereocenters. The van der Waals surface area contributed by atoms with Gasteiger partial charge in [-0.1, -0.05) is 36.4 Å². The third kappa shape index (κ3) is 6.75. The lowest BCUT2D eigenvalue weighted by Crippen LogP contribution is -2.38. The van der Waals surface area contributed by atoms with Crippen LogP contribution in [0.25, 0.3) is 0 Å². The summed E-state index contributed by atoms with van der Waals surface area (Å²) in [6, 6.07) is 15.3. The zero-order valence-corrected chi connectivity index (χ0v) is 15.7. The zero-order chi connectivity index (χ0) is 19.6.